The Kier molecular flexibility index (Phi) is 6.89. The Bertz CT molecular complexity index is 1250. The van der Waals surface area contributed by atoms with Gasteiger partial charge in [-0.1, -0.05) is 60.3 Å². The molecule has 0 saturated carbocycles. The molecule has 0 spiro atoms. The lowest BCUT2D eigenvalue weighted by atomic mass is 10.1. The normalized spacial score (nSPS) is 11.6. The van der Waals surface area contributed by atoms with Crippen molar-refractivity contribution in [2.75, 3.05) is 19.5 Å². The maximum absolute atomic E-state index is 13.5. The fourth-order valence-corrected chi connectivity index (χ4v) is 4.32. The maximum Gasteiger partial charge on any atom is 0.242 e. The van der Waals surface area contributed by atoms with Crippen LogP contribution in [-0.2, 0) is 4.79 Å². The number of rotatable bonds is 8. The van der Waals surface area contributed by atoms with Crippen LogP contribution in [0, 0.1) is 6.92 Å². The third-order valence-electron chi connectivity index (χ3n) is 4.93. The fourth-order valence-electron chi connectivity index (χ4n) is 3.33. The SMILES string of the molecule is COc1ccc(C)cc1NC(=O)C(Sc1nnnn1-c1ccccc1OC)c1ccccc1. The van der Waals surface area contributed by atoms with Gasteiger partial charge in [-0.15, -0.1) is 5.10 Å². The molecule has 4 rings (SSSR count). The van der Waals surface area contributed by atoms with Crippen LogP contribution >= 0.6 is 11.8 Å². The molecule has 33 heavy (non-hydrogen) atoms. The quantitative estimate of drug-likeness (QED) is 0.387. The molecule has 9 heteroatoms. The molecule has 0 bridgehead atoms. The first kappa shape index (κ1) is 22.3. The average molecular weight is 462 g/mol. The van der Waals surface area contributed by atoms with E-state index >= 15 is 0 Å². The summed E-state index contributed by atoms with van der Waals surface area (Å²) in [5.41, 5.74) is 3.12. The van der Waals surface area contributed by atoms with E-state index < -0.39 is 5.25 Å². The zero-order chi connectivity index (χ0) is 23.2. The van der Waals surface area contributed by atoms with Gasteiger partial charge >= 0.3 is 0 Å². The van der Waals surface area contributed by atoms with Crippen LogP contribution < -0.4 is 14.8 Å². The van der Waals surface area contributed by atoms with Crippen molar-refractivity contribution in [1.29, 1.82) is 0 Å². The molecule has 0 aliphatic carbocycles. The van der Waals surface area contributed by atoms with Gasteiger partial charge in [0.2, 0.25) is 11.1 Å². The van der Waals surface area contributed by atoms with Gasteiger partial charge in [-0.3, -0.25) is 4.79 Å². The summed E-state index contributed by atoms with van der Waals surface area (Å²) < 4.78 is 12.5. The number of nitrogens with one attached hydrogen (secondary N) is 1. The number of carbonyl (C=O) groups is 1. The Morgan fingerprint density at radius 2 is 1.70 bits per heavy atom. The summed E-state index contributed by atoms with van der Waals surface area (Å²) in [5.74, 6) is 0.992. The van der Waals surface area contributed by atoms with Crippen molar-refractivity contribution in [3.8, 4) is 17.2 Å². The molecule has 1 unspecified atom stereocenters. The highest BCUT2D eigenvalue weighted by Gasteiger charge is 2.26. The molecule has 0 fully saturated rings. The molecule has 1 amide bonds. The number of anilines is 1. The molecule has 3 aromatic carbocycles. The fraction of sp³-hybridized carbons (Fsp3) is 0.167. The minimum atomic E-state index is -0.615. The van der Waals surface area contributed by atoms with E-state index in [1.54, 1.807) is 18.9 Å². The van der Waals surface area contributed by atoms with Crippen LogP contribution in [0.3, 0.4) is 0 Å². The zero-order valence-electron chi connectivity index (χ0n) is 18.4. The van der Waals surface area contributed by atoms with Gasteiger partial charge in [0, 0.05) is 0 Å². The number of carbonyl (C=O) groups excluding carboxylic acids is 1. The average Bonchev–Trinajstić information content (AvgIpc) is 3.31. The Labute approximate surface area is 195 Å². The second-order valence-electron chi connectivity index (χ2n) is 7.15. The summed E-state index contributed by atoms with van der Waals surface area (Å²) in [6.45, 7) is 1.96. The topological polar surface area (TPSA) is 91.2 Å². The number of benzene rings is 3. The molecule has 1 atom stereocenters. The molecule has 0 radical (unpaired) electrons. The highest BCUT2D eigenvalue weighted by atomic mass is 32.2. The van der Waals surface area contributed by atoms with Gasteiger partial charge in [0.25, 0.3) is 0 Å². The molecule has 8 nitrogen and oxygen atoms in total. The Hall–Kier alpha value is -3.85. The first-order chi connectivity index (χ1) is 16.1. The lowest BCUT2D eigenvalue weighted by molar-refractivity contribution is -0.115. The number of amides is 1. The van der Waals surface area contributed by atoms with E-state index in [2.05, 4.69) is 20.8 Å². The minimum absolute atomic E-state index is 0.218. The number of methoxy groups -OCH3 is 2. The van der Waals surface area contributed by atoms with E-state index in [4.69, 9.17) is 9.47 Å². The van der Waals surface area contributed by atoms with Crippen molar-refractivity contribution < 1.29 is 14.3 Å². The van der Waals surface area contributed by atoms with E-state index in [1.807, 2.05) is 79.7 Å². The lowest BCUT2D eigenvalue weighted by Gasteiger charge is -2.18. The zero-order valence-corrected chi connectivity index (χ0v) is 19.2. The smallest absolute Gasteiger partial charge is 0.242 e. The standard InChI is InChI=1S/C24H23N5O3S/c1-16-13-14-20(31-2)18(15-16)25-23(30)22(17-9-5-4-6-10-17)33-24-26-27-28-29(24)19-11-7-8-12-21(19)32-3/h4-15,22H,1-3H3,(H,25,30). The molecular formula is C24H23N5O3S. The van der Waals surface area contributed by atoms with Crippen LogP contribution in [0.1, 0.15) is 16.4 Å². The number of tetrazole rings is 1. The van der Waals surface area contributed by atoms with Gasteiger partial charge < -0.3 is 14.8 Å². The van der Waals surface area contributed by atoms with Crippen molar-refractivity contribution in [1.82, 2.24) is 20.2 Å². The van der Waals surface area contributed by atoms with Crippen LogP contribution in [0.5, 0.6) is 11.5 Å². The minimum Gasteiger partial charge on any atom is -0.495 e. The Morgan fingerprint density at radius 3 is 2.45 bits per heavy atom. The van der Waals surface area contributed by atoms with E-state index in [9.17, 15) is 4.79 Å². The Balaban J connectivity index is 1.69. The summed E-state index contributed by atoms with van der Waals surface area (Å²) in [5, 5.41) is 15.0. The molecule has 1 N–H and O–H groups in total. The largest absolute Gasteiger partial charge is 0.495 e. The van der Waals surface area contributed by atoms with Crippen molar-refractivity contribution in [2.24, 2.45) is 0 Å². The highest BCUT2D eigenvalue weighted by Crippen LogP contribution is 2.37. The van der Waals surface area contributed by atoms with Gasteiger partial charge in [-0.05, 0) is 52.7 Å². The number of hydrogen-bond acceptors (Lipinski definition) is 7. The van der Waals surface area contributed by atoms with Crippen LogP contribution in [0.2, 0.25) is 0 Å². The number of nitrogens with zero attached hydrogens (tertiary/aromatic N) is 4. The van der Waals surface area contributed by atoms with Gasteiger partial charge in [-0.25, -0.2) is 0 Å². The van der Waals surface area contributed by atoms with E-state index in [1.165, 1.54) is 11.8 Å². The second-order valence-corrected chi connectivity index (χ2v) is 8.22. The van der Waals surface area contributed by atoms with Crippen LogP contribution in [0.25, 0.3) is 5.69 Å². The molecule has 0 aliphatic heterocycles. The molecule has 1 aromatic heterocycles. The summed E-state index contributed by atoms with van der Waals surface area (Å²) in [6, 6.07) is 22.6. The van der Waals surface area contributed by atoms with Crippen LogP contribution in [0.4, 0.5) is 5.69 Å². The highest BCUT2D eigenvalue weighted by molar-refractivity contribution is 8.00. The summed E-state index contributed by atoms with van der Waals surface area (Å²) in [7, 11) is 3.16. The Morgan fingerprint density at radius 1 is 0.970 bits per heavy atom. The van der Waals surface area contributed by atoms with Crippen molar-refractivity contribution in [2.45, 2.75) is 17.3 Å². The van der Waals surface area contributed by atoms with E-state index in [0.29, 0.717) is 28.0 Å². The number of aryl methyl sites for hydroxylation is 1. The van der Waals surface area contributed by atoms with Crippen LogP contribution in [-0.4, -0.2) is 40.3 Å². The van der Waals surface area contributed by atoms with Crippen molar-refractivity contribution in [3.05, 3.63) is 83.9 Å². The molecule has 0 saturated heterocycles. The van der Waals surface area contributed by atoms with Gasteiger partial charge in [-0.2, -0.15) is 4.68 Å². The third kappa shape index (κ3) is 4.98. The number of aromatic nitrogens is 4. The number of thioether (sulfide) groups is 1. The van der Waals surface area contributed by atoms with Gasteiger partial charge in [0.1, 0.15) is 22.4 Å². The summed E-state index contributed by atoms with van der Waals surface area (Å²) in [6.07, 6.45) is 0. The van der Waals surface area contributed by atoms with Crippen LogP contribution in [0.15, 0.2) is 78.0 Å². The third-order valence-corrected chi connectivity index (χ3v) is 6.12. The second kappa shape index (κ2) is 10.2. The predicted molar refractivity (Wildman–Crippen MR) is 127 cm³/mol. The first-order valence-corrected chi connectivity index (χ1v) is 11.1. The molecule has 4 aromatic rings. The molecule has 1 heterocycles. The number of para-hydroxylation sites is 2. The lowest BCUT2D eigenvalue weighted by Crippen LogP contribution is -2.20. The first-order valence-electron chi connectivity index (χ1n) is 10.2. The molecule has 0 aliphatic rings. The summed E-state index contributed by atoms with van der Waals surface area (Å²) in [4.78, 5) is 13.5. The monoisotopic (exact) mass is 461 g/mol. The summed E-state index contributed by atoms with van der Waals surface area (Å²) >= 11 is 1.25. The predicted octanol–water partition coefficient (Wildman–Crippen LogP) is 4.46. The van der Waals surface area contributed by atoms with Gasteiger partial charge in [0.05, 0.1) is 19.9 Å². The number of hydrogen-bond donors (Lipinski definition) is 1. The van der Waals surface area contributed by atoms with Crippen molar-refractivity contribution >= 4 is 23.4 Å². The van der Waals surface area contributed by atoms with Crippen molar-refractivity contribution in [3.63, 3.8) is 0 Å². The molecular weight excluding hydrogens is 438 g/mol. The molecule has 168 valence electrons. The maximum atomic E-state index is 13.5. The van der Waals surface area contributed by atoms with E-state index in [0.717, 1.165) is 11.1 Å². The van der Waals surface area contributed by atoms with Gasteiger partial charge in [0.15, 0.2) is 0 Å². The van der Waals surface area contributed by atoms with E-state index in [-0.39, 0.29) is 5.91 Å². The number of ether oxygens (including phenoxy) is 2.